The number of rotatable bonds is 12. The number of nitrogens with zero attached hydrogens (tertiary/aromatic N) is 4. The van der Waals surface area contributed by atoms with E-state index in [0.29, 0.717) is 45.9 Å². The van der Waals surface area contributed by atoms with Gasteiger partial charge in [0.1, 0.15) is 27.6 Å². The highest BCUT2D eigenvalue weighted by molar-refractivity contribution is 7.91. The lowest BCUT2D eigenvalue weighted by Gasteiger charge is -2.18. The molecule has 290 valence electrons. The Morgan fingerprint density at radius 2 is 1.25 bits per heavy atom. The first-order valence-electron chi connectivity index (χ1n) is 16.5. The lowest BCUT2D eigenvalue weighted by atomic mass is 10.2. The van der Waals surface area contributed by atoms with Crippen LogP contribution in [-0.2, 0) is 55.1 Å². The minimum atomic E-state index is -3.73. The molecule has 2 unspecified atom stereocenters. The fraction of sp³-hybridized carbons (Fsp3) is 0.257. The molecular formula is C35H34ClN5O9S5. The molecule has 0 saturated carbocycles. The van der Waals surface area contributed by atoms with Crippen LogP contribution >= 0.6 is 34.3 Å². The van der Waals surface area contributed by atoms with Crippen molar-refractivity contribution in [1.82, 2.24) is 9.97 Å². The molecule has 55 heavy (non-hydrogen) atoms. The van der Waals surface area contributed by atoms with E-state index in [9.17, 15) is 34.8 Å². The lowest BCUT2D eigenvalue weighted by molar-refractivity contribution is -0.122. The van der Waals surface area contributed by atoms with Crippen molar-refractivity contribution in [1.29, 1.82) is 0 Å². The number of aromatic nitrogens is 2. The van der Waals surface area contributed by atoms with Crippen LogP contribution in [0.15, 0.2) is 106 Å². The van der Waals surface area contributed by atoms with Crippen LogP contribution in [0.1, 0.15) is 22.9 Å². The quantitative estimate of drug-likeness (QED) is 0.162. The third-order valence-corrected chi connectivity index (χ3v) is 14.5. The average Bonchev–Trinajstić information content (AvgIpc) is 3.96. The summed E-state index contributed by atoms with van der Waals surface area (Å²) in [6.07, 6.45) is 3.88. The van der Waals surface area contributed by atoms with Gasteiger partial charge in [-0.2, -0.15) is 8.42 Å². The molecule has 0 bridgehead atoms. The Hall–Kier alpha value is -4.24. The number of amides is 2. The highest BCUT2D eigenvalue weighted by Crippen LogP contribution is 2.29. The second-order valence-corrected chi connectivity index (χ2v) is 20.4. The molecule has 1 N–H and O–H groups in total. The zero-order valence-corrected chi connectivity index (χ0v) is 33.9. The number of carbonyl (C=O) groups excluding carboxylic acids is 2. The summed E-state index contributed by atoms with van der Waals surface area (Å²) in [6, 6.07) is 19.2. The largest absolute Gasteiger partial charge is 0.374 e. The summed E-state index contributed by atoms with van der Waals surface area (Å²) in [7, 11) is -10.7. The molecule has 3 aromatic carbocycles. The van der Waals surface area contributed by atoms with Crippen LogP contribution in [0.4, 0.5) is 17.1 Å². The fourth-order valence-corrected chi connectivity index (χ4v) is 11.2. The van der Waals surface area contributed by atoms with Crippen LogP contribution in [-0.4, -0.2) is 78.5 Å². The van der Waals surface area contributed by atoms with Crippen LogP contribution in [0.3, 0.4) is 0 Å². The van der Waals surface area contributed by atoms with E-state index in [2.05, 4.69) is 15.3 Å². The molecular weight excluding hydrogens is 830 g/mol. The number of carbonyl (C=O) groups is 2. The molecule has 0 spiro atoms. The molecule has 2 aliphatic heterocycles. The summed E-state index contributed by atoms with van der Waals surface area (Å²) in [4.78, 5) is 36.5. The first-order chi connectivity index (χ1) is 26.1. The zero-order valence-electron chi connectivity index (χ0n) is 29.0. The normalized spacial score (nSPS) is 17.6. The van der Waals surface area contributed by atoms with E-state index in [1.54, 1.807) is 64.5 Å². The summed E-state index contributed by atoms with van der Waals surface area (Å²) in [5.41, 5.74) is 1.96. The lowest BCUT2D eigenvalue weighted by Crippen LogP contribution is -2.33. The van der Waals surface area contributed by atoms with Crippen molar-refractivity contribution < 1.29 is 39.0 Å². The predicted octanol–water partition coefficient (Wildman–Crippen LogP) is 5.19. The molecule has 14 nitrogen and oxygen atoms in total. The van der Waals surface area contributed by atoms with Crippen molar-refractivity contribution in [2.45, 2.75) is 46.3 Å². The molecule has 20 heteroatoms. The Morgan fingerprint density at radius 1 is 0.745 bits per heavy atom. The van der Waals surface area contributed by atoms with Crippen LogP contribution in [0.25, 0.3) is 0 Å². The van der Waals surface area contributed by atoms with Crippen LogP contribution in [0.5, 0.6) is 0 Å². The van der Waals surface area contributed by atoms with Crippen molar-refractivity contribution in [2.75, 3.05) is 34.5 Å². The molecule has 2 atom stereocenters. The van der Waals surface area contributed by atoms with E-state index in [1.807, 2.05) is 12.1 Å². The second kappa shape index (κ2) is 16.9. The van der Waals surface area contributed by atoms with Gasteiger partial charge in [0, 0.05) is 64.7 Å². The van der Waals surface area contributed by atoms with Gasteiger partial charge in [-0.25, -0.2) is 26.8 Å². The van der Waals surface area contributed by atoms with Crippen molar-refractivity contribution in [3.63, 3.8) is 0 Å². The topological polar surface area (TPSA) is 190 Å². The van der Waals surface area contributed by atoms with Gasteiger partial charge in [0.15, 0.2) is 25.8 Å². The summed E-state index contributed by atoms with van der Waals surface area (Å²) in [5.74, 6) is -0.827. The molecule has 2 amide bonds. The third-order valence-electron chi connectivity index (χ3n) is 8.43. The monoisotopic (exact) mass is 863 g/mol. The standard InChI is InChI=1S/C20H18ClN3O3S2.C15H16N2O6S3/c21-14-2-1-3-15(12-14)23-18-8-10-24(20(18)25)16-4-6-17(7-5-16)29(26,27)13-19-22-9-11-28-19;1-25(19,20)23-13-6-8-17(15(13)18)11-2-4-12(5-3-11)26(21,22)10-14-16-7-9-24-14/h1-7,9,11-12,18,23H,8,10,13H2;2-5,7,9,13H,6,8,10H2,1H3. The van der Waals surface area contributed by atoms with Gasteiger partial charge in [0.2, 0.25) is 5.91 Å². The smallest absolute Gasteiger partial charge is 0.265 e. The Kier molecular flexibility index (Phi) is 12.4. The number of benzene rings is 3. The first kappa shape index (κ1) is 40.4. The number of hydrogen-bond acceptors (Lipinski definition) is 14. The predicted molar refractivity (Wildman–Crippen MR) is 211 cm³/mol. The Morgan fingerprint density at radius 3 is 1.73 bits per heavy atom. The molecule has 0 radical (unpaired) electrons. The minimum absolute atomic E-state index is 0.0524. The van der Waals surface area contributed by atoms with Gasteiger partial charge in [-0.05, 0) is 73.2 Å². The number of hydrogen-bond donors (Lipinski definition) is 1. The number of halogens is 1. The summed E-state index contributed by atoms with van der Waals surface area (Å²) >= 11 is 8.58. The van der Waals surface area contributed by atoms with Gasteiger partial charge in [0.25, 0.3) is 16.0 Å². The summed E-state index contributed by atoms with van der Waals surface area (Å²) in [6.45, 7) is 0.854. The molecule has 7 rings (SSSR count). The summed E-state index contributed by atoms with van der Waals surface area (Å²) in [5, 5.41) is 8.34. The van der Waals surface area contributed by atoms with Crippen molar-refractivity contribution >= 4 is 92.9 Å². The van der Waals surface area contributed by atoms with Crippen molar-refractivity contribution in [3.8, 4) is 0 Å². The third kappa shape index (κ3) is 10.3. The van der Waals surface area contributed by atoms with Gasteiger partial charge in [-0.1, -0.05) is 17.7 Å². The van der Waals surface area contributed by atoms with Crippen LogP contribution in [0, 0.1) is 0 Å². The number of sulfone groups is 2. The molecule has 2 aliphatic rings. The van der Waals surface area contributed by atoms with E-state index in [4.69, 9.17) is 15.8 Å². The van der Waals surface area contributed by atoms with E-state index in [1.165, 1.54) is 51.8 Å². The van der Waals surface area contributed by atoms with E-state index >= 15 is 0 Å². The highest BCUT2D eigenvalue weighted by Gasteiger charge is 2.36. The Balaban J connectivity index is 0.000000188. The Bertz CT molecular complexity index is 2470. The molecule has 5 aromatic rings. The van der Waals surface area contributed by atoms with Gasteiger partial charge in [-0.15, -0.1) is 22.7 Å². The van der Waals surface area contributed by atoms with Crippen molar-refractivity contribution in [2.24, 2.45) is 0 Å². The summed E-state index contributed by atoms with van der Waals surface area (Å²) < 4.78 is 77.1. The molecule has 2 saturated heterocycles. The molecule has 2 aromatic heterocycles. The highest BCUT2D eigenvalue weighted by atomic mass is 35.5. The van der Waals surface area contributed by atoms with E-state index in [0.717, 1.165) is 11.9 Å². The van der Waals surface area contributed by atoms with Crippen LogP contribution in [0.2, 0.25) is 5.02 Å². The average molecular weight is 864 g/mol. The maximum Gasteiger partial charge on any atom is 0.265 e. The Labute approximate surface area is 331 Å². The molecule has 0 aliphatic carbocycles. The maximum atomic E-state index is 12.8. The minimum Gasteiger partial charge on any atom is -0.374 e. The second-order valence-electron chi connectivity index (χ2n) is 12.4. The van der Waals surface area contributed by atoms with E-state index < -0.39 is 41.8 Å². The number of nitrogens with one attached hydrogen (secondary N) is 1. The number of anilines is 3. The SMILES string of the molecule is CS(=O)(=O)OC1CCN(c2ccc(S(=O)(=O)Cc3nccs3)cc2)C1=O.O=C1C(Nc2cccc(Cl)c2)CCN1c1ccc(S(=O)(=O)Cc2nccs2)cc1. The molecule has 4 heterocycles. The van der Waals surface area contributed by atoms with Gasteiger partial charge in [0.05, 0.1) is 16.0 Å². The fourth-order valence-electron chi connectivity index (χ4n) is 5.87. The van der Waals surface area contributed by atoms with Crippen molar-refractivity contribution in [3.05, 3.63) is 111 Å². The zero-order chi connectivity index (χ0) is 39.4. The van der Waals surface area contributed by atoms with Gasteiger partial charge >= 0.3 is 0 Å². The van der Waals surface area contributed by atoms with E-state index in [-0.39, 0.29) is 39.7 Å². The maximum absolute atomic E-state index is 12.8. The van der Waals surface area contributed by atoms with Gasteiger partial charge < -0.3 is 15.1 Å². The first-order valence-corrected chi connectivity index (χ1v) is 23.8. The molecule has 2 fully saturated rings. The van der Waals surface area contributed by atoms with Crippen LogP contribution < -0.4 is 15.1 Å². The van der Waals surface area contributed by atoms with Gasteiger partial charge in [-0.3, -0.25) is 13.8 Å². The number of thiazole rings is 2.